The first-order chi connectivity index (χ1) is 11.6. The first-order valence-corrected chi connectivity index (χ1v) is 8.39. The van der Waals surface area contributed by atoms with Crippen LogP contribution in [0.5, 0.6) is 0 Å². The van der Waals surface area contributed by atoms with E-state index in [0.717, 1.165) is 43.9 Å². The van der Waals surface area contributed by atoms with E-state index in [1.54, 1.807) is 24.7 Å². The molecule has 1 atom stereocenters. The second kappa shape index (κ2) is 7.42. The van der Waals surface area contributed by atoms with Crippen molar-refractivity contribution in [2.45, 2.75) is 39.2 Å². The van der Waals surface area contributed by atoms with Gasteiger partial charge in [-0.05, 0) is 18.8 Å². The molecule has 128 valence electrons. The van der Waals surface area contributed by atoms with Gasteiger partial charge in [0.1, 0.15) is 11.6 Å². The van der Waals surface area contributed by atoms with Gasteiger partial charge in [0.15, 0.2) is 5.69 Å². The zero-order valence-electron chi connectivity index (χ0n) is 14.1. The van der Waals surface area contributed by atoms with Crippen LogP contribution in [-0.2, 0) is 6.42 Å². The lowest BCUT2D eigenvalue weighted by molar-refractivity contribution is 0.0924. The van der Waals surface area contributed by atoms with Crippen molar-refractivity contribution in [3.63, 3.8) is 0 Å². The highest BCUT2D eigenvalue weighted by molar-refractivity contribution is 5.92. The van der Waals surface area contributed by atoms with Crippen molar-refractivity contribution in [2.24, 2.45) is 5.92 Å². The molecule has 3 heterocycles. The fourth-order valence-corrected chi connectivity index (χ4v) is 2.94. The molecule has 24 heavy (non-hydrogen) atoms. The van der Waals surface area contributed by atoms with Gasteiger partial charge in [-0.3, -0.25) is 9.78 Å². The average molecular weight is 329 g/mol. The van der Waals surface area contributed by atoms with Gasteiger partial charge in [0, 0.05) is 44.0 Å². The molecule has 1 amide bonds. The molecule has 1 aliphatic heterocycles. The van der Waals surface area contributed by atoms with Gasteiger partial charge in [0.25, 0.3) is 5.91 Å². The van der Waals surface area contributed by atoms with Crippen molar-refractivity contribution in [1.29, 1.82) is 0 Å². The minimum absolute atomic E-state index is 0.0681. The summed E-state index contributed by atoms with van der Waals surface area (Å²) in [6.07, 6.45) is 7.82. The Balaban J connectivity index is 1.59. The maximum atomic E-state index is 12.4. The van der Waals surface area contributed by atoms with Gasteiger partial charge in [-0.1, -0.05) is 19.0 Å². The fraction of sp³-hybridized carbons (Fsp3) is 0.529. The van der Waals surface area contributed by atoms with E-state index in [-0.39, 0.29) is 11.9 Å². The van der Waals surface area contributed by atoms with Crippen LogP contribution in [0.2, 0.25) is 0 Å². The van der Waals surface area contributed by atoms with Crippen LogP contribution in [0.15, 0.2) is 29.2 Å². The number of nitrogens with one attached hydrogen (secondary N) is 1. The highest BCUT2D eigenvalue weighted by atomic mass is 16.5. The van der Waals surface area contributed by atoms with E-state index in [2.05, 4.69) is 39.2 Å². The summed E-state index contributed by atoms with van der Waals surface area (Å²) in [7, 11) is 0. The summed E-state index contributed by atoms with van der Waals surface area (Å²) in [6, 6.07) is 1.80. The molecule has 1 aliphatic rings. The highest BCUT2D eigenvalue weighted by Crippen LogP contribution is 2.17. The van der Waals surface area contributed by atoms with Gasteiger partial charge in [-0.25, -0.2) is 4.98 Å². The predicted octanol–water partition coefficient (Wildman–Crippen LogP) is 2.06. The number of carbonyl (C=O) groups is 1. The first-order valence-electron chi connectivity index (χ1n) is 8.39. The van der Waals surface area contributed by atoms with Crippen LogP contribution in [0.1, 0.15) is 42.9 Å². The van der Waals surface area contributed by atoms with Crippen LogP contribution < -0.4 is 10.2 Å². The Hall–Kier alpha value is -2.44. The minimum atomic E-state index is -0.181. The molecule has 1 fully saturated rings. The van der Waals surface area contributed by atoms with Crippen LogP contribution >= 0.6 is 0 Å². The Morgan fingerprint density at radius 2 is 2.33 bits per heavy atom. The topological polar surface area (TPSA) is 84.2 Å². The van der Waals surface area contributed by atoms with Crippen molar-refractivity contribution in [2.75, 3.05) is 18.0 Å². The largest absolute Gasteiger partial charge is 0.361 e. The predicted molar refractivity (Wildman–Crippen MR) is 89.8 cm³/mol. The van der Waals surface area contributed by atoms with Gasteiger partial charge in [0.05, 0.1) is 6.20 Å². The van der Waals surface area contributed by atoms with E-state index < -0.39 is 0 Å². The standard InChI is InChI=1S/C17H23N5O2/c1-12(2)8-14-9-15(21-24-14)17(23)20-13-4-3-7-22(11-13)16-10-18-5-6-19-16/h5-6,9-10,12-13H,3-4,7-8,11H2,1-2H3,(H,20,23)/t13-/m1/s1. The summed E-state index contributed by atoms with van der Waals surface area (Å²) in [5.41, 5.74) is 0.349. The van der Waals surface area contributed by atoms with Gasteiger partial charge in [-0.2, -0.15) is 0 Å². The van der Waals surface area contributed by atoms with E-state index in [9.17, 15) is 4.79 Å². The van der Waals surface area contributed by atoms with Crippen molar-refractivity contribution in [3.05, 3.63) is 36.1 Å². The molecule has 7 nitrogen and oxygen atoms in total. The van der Waals surface area contributed by atoms with E-state index in [4.69, 9.17) is 4.52 Å². The summed E-state index contributed by atoms with van der Waals surface area (Å²) in [5.74, 6) is 1.88. The Bertz CT molecular complexity index is 671. The number of carbonyl (C=O) groups excluding carboxylic acids is 1. The van der Waals surface area contributed by atoms with Crippen molar-refractivity contribution in [1.82, 2.24) is 20.4 Å². The SMILES string of the molecule is CC(C)Cc1cc(C(=O)N[C@@H]2CCCN(c3cnccn3)C2)no1. The number of amides is 1. The molecule has 1 N–H and O–H groups in total. The van der Waals surface area contributed by atoms with Crippen LogP contribution in [0.3, 0.4) is 0 Å². The van der Waals surface area contributed by atoms with Crippen LogP contribution in [-0.4, -0.2) is 40.2 Å². The summed E-state index contributed by atoms with van der Waals surface area (Å²) in [4.78, 5) is 23.0. The molecule has 0 bridgehead atoms. The number of anilines is 1. The fourth-order valence-electron chi connectivity index (χ4n) is 2.94. The molecule has 0 aromatic carbocycles. The molecule has 7 heteroatoms. The van der Waals surface area contributed by atoms with Crippen LogP contribution in [0.4, 0.5) is 5.82 Å². The Morgan fingerprint density at radius 3 is 3.08 bits per heavy atom. The number of nitrogens with zero attached hydrogens (tertiary/aromatic N) is 4. The number of hydrogen-bond acceptors (Lipinski definition) is 6. The molecule has 1 saturated heterocycles. The normalized spacial score (nSPS) is 18.0. The molecule has 2 aromatic heterocycles. The number of piperidine rings is 1. The van der Waals surface area contributed by atoms with Crippen molar-refractivity contribution < 1.29 is 9.32 Å². The molecule has 0 spiro atoms. The van der Waals surface area contributed by atoms with Crippen LogP contribution in [0.25, 0.3) is 0 Å². The Kier molecular flexibility index (Phi) is 5.08. The number of hydrogen-bond donors (Lipinski definition) is 1. The quantitative estimate of drug-likeness (QED) is 0.904. The molecule has 0 radical (unpaired) electrons. The zero-order valence-corrected chi connectivity index (χ0v) is 14.1. The third-order valence-electron chi connectivity index (χ3n) is 4.03. The second-order valence-corrected chi connectivity index (χ2v) is 6.60. The van der Waals surface area contributed by atoms with E-state index >= 15 is 0 Å². The molecule has 0 aliphatic carbocycles. The summed E-state index contributed by atoms with van der Waals surface area (Å²) >= 11 is 0. The lowest BCUT2D eigenvalue weighted by Crippen LogP contribution is -2.48. The first kappa shape index (κ1) is 16.4. The smallest absolute Gasteiger partial charge is 0.273 e. The van der Waals surface area contributed by atoms with E-state index in [1.165, 1.54) is 0 Å². The third-order valence-corrected chi connectivity index (χ3v) is 4.03. The van der Waals surface area contributed by atoms with Gasteiger partial charge < -0.3 is 14.7 Å². The molecule has 3 rings (SSSR count). The molecule has 2 aromatic rings. The van der Waals surface area contributed by atoms with Gasteiger partial charge in [-0.15, -0.1) is 0 Å². The van der Waals surface area contributed by atoms with E-state index in [0.29, 0.717) is 11.6 Å². The summed E-state index contributed by atoms with van der Waals surface area (Å²) in [5, 5.41) is 6.94. The Labute approximate surface area is 141 Å². The van der Waals surface area contributed by atoms with Gasteiger partial charge >= 0.3 is 0 Å². The van der Waals surface area contributed by atoms with Crippen LogP contribution in [0, 0.1) is 5.92 Å². The molecular weight excluding hydrogens is 306 g/mol. The number of rotatable bonds is 5. The summed E-state index contributed by atoms with van der Waals surface area (Å²) < 4.78 is 5.24. The van der Waals surface area contributed by atoms with Gasteiger partial charge in [0.2, 0.25) is 0 Å². The van der Waals surface area contributed by atoms with E-state index in [1.807, 2.05) is 0 Å². The van der Waals surface area contributed by atoms with Crippen molar-refractivity contribution >= 4 is 11.7 Å². The Morgan fingerprint density at radius 1 is 1.46 bits per heavy atom. The van der Waals surface area contributed by atoms with Crippen molar-refractivity contribution in [3.8, 4) is 0 Å². The molecule has 0 saturated carbocycles. The molecule has 0 unspecified atom stereocenters. The monoisotopic (exact) mass is 329 g/mol. The highest BCUT2D eigenvalue weighted by Gasteiger charge is 2.24. The maximum Gasteiger partial charge on any atom is 0.273 e. The summed E-state index contributed by atoms with van der Waals surface area (Å²) in [6.45, 7) is 5.85. The lowest BCUT2D eigenvalue weighted by atomic mass is 10.1. The lowest BCUT2D eigenvalue weighted by Gasteiger charge is -2.33. The second-order valence-electron chi connectivity index (χ2n) is 6.60. The molecular formula is C17H23N5O2. The third kappa shape index (κ3) is 4.10. The average Bonchev–Trinajstić information content (AvgIpc) is 3.04. The zero-order chi connectivity index (χ0) is 16.9. The number of aromatic nitrogens is 3. The minimum Gasteiger partial charge on any atom is -0.361 e. The maximum absolute atomic E-state index is 12.4.